The zero-order valence-corrected chi connectivity index (χ0v) is 6.85. The van der Waals surface area contributed by atoms with Crippen LogP contribution in [-0.2, 0) is 6.42 Å². The molecule has 1 heterocycles. The second kappa shape index (κ2) is 3.32. The first-order valence-electron chi connectivity index (χ1n) is 3.85. The Bertz CT molecular complexity index is 252. The summed E-state index contributed by atoms with van der Waals surface area (Å²) in [5.41, 5.74) is 1.58. The molecule has 0 bridgehead atoms. The number of nitrogens with zero attached hydrogens (tertiary/aromatic N) is 1. The van der Waals surface area contributed by atoms with Gasteiger partial charge >= 0.3 is 0 Å². The van der Waals surface area contributed by atoms with Crippen LogP contribution in [0.1, 0.15) is 36.5 Å². The number of H-pyrrole nitrogens is 1. The van der Waals surface area contributed by atoms with Crippen molar-refractivity contribution < 1.29 is 4.79 Å². The van der Waals surface area contributed by atoms with E-state index in [9.17, 15) is 4.79 Å². The summed E-state index contributed by atoms with van der Waals surface area (Å²) in [7, 11) is 0. The lowest BCUT2D eigenvalue weighted by atomic mass is 10.2. The van der Waals surface area contributed by atoms with Crippen molar-refractivity contribution >= 4 is 5.78 Å². The molecule has 0 saturated heterocycles. The molecule has 0 spiro atoms. The van der Waals surface area contributed by atoms with Crippen molar-refractivity contribution in [2.45, 2.75) is 26.7 Å². The van der Waals surface area contributed by atoms with Gasteiger partial charge in [0.05, 0.1) is 0 Å². The van der Waals surface area contributed by atoms with Crippen LogP contribution in [0.5, 0.6) is 0 Å². The lowest BCUT2D eigenvalue weighted by Gasteiger charge is -1.85. The zero-order chi connectivity index (χ0) is 8.27. The molecule has 1 aromatic rings. The third kappa shape index (κ3) is 1.67. The maximum Gasteiger partial charge on any atom is 0.182 e. The number of aryl methyl sites for hydroxylation is 1. The Kier molecular flexibility index (Phi) is 2.41. The van der Waals surface area contributed by atoms with Crippen molar-refractivity contribution in [2.24, 2.45) is 0 Å². The fourth-order valence-corrected chi connectivity index (χ4v) is 0.867. The Morgan fingerprint density at radius 3 is 2.82 bits per heavy atom. The maximum atomic E-state index is 11.1. The summed E-state index contributed by atoms with van der Waals surface area (Å²) < 4.78 is 0. The average molecular weight is 152 g/mol. The second-order valence-corrected chi connectivity index (χ2v) is 2.41. The number of rotatable bonds is 3. The quantitative estimate of drug-likeness (QED) is 0.668. The first kappa shape index (κ1) is 7.98. The molecule has 0 unspecified atom stereocenters. The molecule has 0 aliphatic heterocycles. The Morgan fingerprint density at radius 1 is 1.64 bits per heavy atom. The summed E-state index contributed by atoms with van der Waals surface area (Å²) in [6.45, 7) is 3.86. The minimum Gasteiger partial charge on any atom is -0.292 e. The molecule has 0 radical (unpaired) electrons. The molecule has 3 heteroatoms. The molecule has 1 aromatic heterocycles. The molecular formula is C8H12N2O. The first-order valence-corrected chi connectivity index (χ1v) is 3.85. The van der Waals surface area contributed by atoms with Crippen LogP contribution in [0.4, 0.5) is 0 Å². The van der Waals surface area contributed by atoms with Gasteiger partial charge in [0.2, 0.25) is 0 Å². The van der Waals surface area contributed by atoms with Gasteiger partial charge in [-0.1, -0.05) is 13.8 Å². The topological polar surface area (TPSA) is 45.8 Å². The van der Waals surface area contributed by atoms with Crippen LogP contribution in [0.2, 0.25) is 0 Å². The number of carbonyl (C=O) groups excluding carboxylic acids is 1. The zero-order valence-electron chi connectivity index (χ0n) is 6.85. The number of hydrogen-bond acceptors (Lipinski definition) is 2. The van der Waals surface area contributed by atoms with E-state index >= 15 is 0 Å². The highest BCUT2D eigenvalue weighted by molar-refractivity contribution is 5.93. The van der Waals surface area contributed by atoms with Crippen molar-refractivity contribution in [1.29, 1.82) is 0 Å². The van der Waals surface area contributed by atoms with E-state index in [-0.39, 0.29) is 5.78 Å². The summed E-state index contributed by atoms with van der Waals surface area (Å²) in [6, 6.07) is 1.81. The van der Waals surface area contributed by atoms with Crippen molar-refractivity contribution in [3.05, 3.63) is 17.5 Å². The third-order valence-corrected chi connectivity index (χ3v) is 1.62. The van der Waals surface area contributed by atoms with Gasteiger partial charge in [-0.3, -0.25) is 9.89 Å². The molecule has 0 fully saturated rings. The number of aromatic amines is 1. The van der Waals surface area contributed by atoms with Gasteiger partial charge < -0.3 is 0 Å². The smallest absolute Gasteiger partial charge is 0.182 e. The number of nitrogens with one attached hydrogen (secondary N) is 1. The molecule has 0 aromatic carbocycles. The number of Topliss-reactive ketones (excluding diaryl/α,β-unsaturated/α-hetero) is 1. The second-order valence-electron chi connectivity index (χ2n) is 2.41. The maximum absolute atomic E-state index is 11.1. The molecule has 3 nitrogen and oxygen atoms in total. The fraction of sp³-hybridized carbons (Fsp3) is 0.500. The minimum atomic E-state index is 0.0981. The van der Waals surface area contributed by atoms with Crippen molar-refractivity contribution in [3.8, 4) is 0 Å². The Balaban J connectivity index is 2.80. The van der Waals surface area contributed by atoms with Gasteiger partial charge in [-0.2, -0.15) is 5.10 Å². The molecule has 1 N–H and O–H groups in total. The van der Waals surface area contributed by atoms with Crippen molar-refractivity contribution in [2.75, 3.05) is 0 Å². The van der Waals surface area contributed by atoms with Gasteiger partial charge in [0.15, 0.2) is 5.78 Å². The predicted octanol–water partition coefficient (Wildman–Crippen LogP) is 1.56. The lowest BCUT2D eigenvalue weighted by Crippen LogP contribution is -1.95. The van der Waals surface area contributed by atoms with E-state index < -0.39 is 0 Å². The summed E-state index contributed by atoms with van der Waals surface area (Å²) in [6.07, 6.45) is 1.41. The largest absolute Gasteiger partial charge is 0.292 e. The molecule has 0 aliphatic rings. The standard InChI is InChI=1S/C8H12N2O/c1-3-6-5-7(10-9-6)8(11)4-2/h5H,3-4H2,1-2H3,(H,9,10). The van der Waals surface area contributed by atoms with Crippen LogP contribution < -0.4 is 0 Å². The summed E-state index contributed by atoms with van der Waals surface area (Å²) >= 11 is 0. The molecule has 0 aliphatic carbocycles. The highest BCUT2D eigenvalue weighted by atomic mass is 16.1. The van der Waals surface area contributed by atoms with E-state index in [0.29, 0.717) is 12.1 Å². The molecule has 1 rings (SSSR count). The lowest BCUT2D eigenvalue weighted by molar-refractivity contribution is 0.0983. The monoisotopic (exact) mass is 152 g/mol. The predicted molar refractivity (Wildman–Crippen MR) is 42.6 cm³/mol. The van der Waals surface area contributed by atoms with Crippen LogP contribution in [0, 0.1) is 0 Å². The number of ketones is 1. The van der Waals surface area contributed by atoms with Crippen LogP contribution in [0.25, 0.3) is 0 Å². The number of carbonyl (C=O) groups is 1. The normalized spacial score (nSPS) is 10.0. The summed E-state index contributed by atoms with van der Waals surface area (Å²) in [4.78, 5) is 11.1. The molecule has 0 saturated carbocycles. The third-order valence-electron chi connectivity index (χ3n) is 1.62. The van der Waals surface area contributed by atoms with E-state index in [1.54, 1.807) is 0 Å². The Morgan fingerprint density at radius 2 is 2.36 bits per heavy atom. The highest BCUT2D eigenvalue weighted by Crippen LogP contribution is 2.02. The molecular weight excluding hydrogens is 140 g/mol. The van der Waals surface area contributed by atoms with Crippen molar-refractivity contribution in [1.82, 2.24) is 10.2 Å². The average Bonchev–Trinajstić information content (AvgIpc) is 2.50. The fourth-order valence-electron chi connectivity index (χ4n) is 0.867. The van der Waals surface area contributed by atoms with Gasteiger partial charge in [0, 0.05) is 12.1 Å². The summed E-state index contributed by atoms with van der Waals surface area (Å²) in [5.74, 6) is 0.0981. The van der Waals surface area contributed by atoms with E-state index in [2.05, 4.69) is 10.2 Å². The van der Waals surface area contributed by atoms with Crippen LogP contribution in [0.15, 0.2) is 6.07 Å². The Hall–Kier alpha value is -1.12. The molecule has 0 atom stereocenters. The highest BCUT2D eigenvalue weighted by Gasteiger charge is 2.06. The van der Waals surface area contributed by atoms with E-state index in [1.165, 1.54) is 0 Å². The SMILES string of the molecule is CCC(=O)c1cc(CC)[nH]n1. The van der Waals surface area contributed by atoms with Gasteiger partial charge in [-0.15, -0.1) is 0 Å². The molecule has 11 heavy (non-hydrogen) atoms. The van der Waals surface area contributed by atoms with E-state index in [4.69, 9.17) is 0 Å². The Labute approximate surface area is 65.8 Å². The number of hydrogen-bond donors (Lipinski definition) is 1. The first-order chi connectivity index (χ1) is 5.27. The molecule has 0 amide bonds. The van der Waals surface area contributed by atoms with Gasteiger partial charge in [0.1, 0.15) is 5.69 Å². The van der Waals surface area contributed by atoms with Gasteiger partial charge in [0.25, 0.3) is 0 Å². The molecule has 60 valence electrons. The minimum absolute atomic E-state index is 0.0981. The van der Waals surface area contributed by atoms with E-state index in [1.807, 2.05) is 19.9 Å². The van der Waals surface area contributed by atoms with E-state index in [0.717, 1.165) is 12.1 Å². The number of aromatic nitrogens is 2. The van der Waals surface area contributed by atoms with Gasteiger partial charge in [-0.05, 0) is 12.5 Å². The van der Waals surface area contributed by atoms with Crippen LogP contribution in [-0.4, -0.2) is 16.0 Å². The van der Waals surface area contributed by atoms with Crippen LogP contribution >= 0.6 is 0 Å². The van der Waals surface area contributed by atoms with Crippen molar-refractivity contribution in [3.63, 3.8) is 0 Å². The summed E-state index contributed by atoms with van der Waals surface area (Å²) in [5, 5.41) is 6.68. The van der Waals surface area contributed by atoms with Crippen LogP contribution in [0.3, 0.4) is 0 Å². The van der Waals surface area contributed by atoms with Gasteiger partial charge in [-0.25, -0.2) is 0 Å².